The lowest BCUT2D eigenvalue weighted by atomic mass is 10.1. The summed E-state index contributed by atoms with van der Waals surface area (Å²) in [7, 11) is 0. The van der Waals surface area contributed by atoms with Crippen LogP contribution in [0.3, 0.4) is 0 Å². The number of pyridine rings is 1. The number of halogens is 1. The number of benzene rings is 1. The van der Waals surface area contributed by atoms with Crippen LogP contribution in [0.2, 0.25) is 0 Å². The second-order valence-electron chi connectivity index (χ2n) is 4.80. The number of thioether (sulfide) groups is 1. The summed E-state index contributed by atoms with van der Waals surface area (Å²) < 4.78 is 13.1. The van der Waals surface area contributed by atoms with E-state index in [1.54, 1.807) is 30.9 Å². The number of nitrogens with one attached hydrogen (secondary N) is 1. The first-order chi connectivity index (χ1) is 9.02. The summed E-state index contributed by atoms with van der Waals surface area (Å²) in [4.78, 5) is 4.14. The first-order valence-corrected chi connectivity index (χ1v) is 7.41. The molecule has 0 amide bonds. The number of nitrogens with zero attached hydrogens (tertiary/aromatic N) is 1. The molecule has 19 heavy (non-hydrogen) atoms. The van der Waals surface area contributed by atoms with Gasteiger partial charge in [0, 0.05) is 35.6 Å². The average Bonchev–Trinajstić information content (AvgIpc) is 2.36. The Labute approximate surface area is 116 Å². The number of fused-ring (bicyclic) bond motifs is 1. The lowest BCUT2D eigenvalue weighted by Crippen LogP contribution is -2.36. The number of aromatic nitrogens is 1. The van der Waals surface area contributed by atoms with E-state index in [0.29, 0.717) is 17.8 Å². The molecule has 102 valence electrons. The average molecular weight is 280 g/mol. The summed E-state index contributed by atoms with van der Waals surface area (Å²) in [6.07, 6.45) is 3.59. The fraction of sp³-hybridized carbons (Fsp3) is 0.357. The van der Waals surface area contributed by atoms with Crippen molar-refractivity contribution in [1.82, 2.24) is 4.98 Å². The van der Waals surface area contributed by atoms with Gasteiger partial charge in [-0.2, -0.15) is 11.8 Å². The minimum Gasteiger partial charge on any atom is -0.387 e. The van der Waals surface area contributed by atoms with Crippen LogP contribution in [0, 0.1) is 5.82 Å². The Morgan fingerprint density at radius 2 is 2.21 bits per heavy atom. The third-order valence-corrected chi connectivity index (χ3v) is 3.73. The molecule has 5 heteroatoms. The minimum atomic E-state index is -0.783. The van der Waals surface area contributed by atoms with Crippen LogP contribution in [0.4, 0.5) is 10.1 Å². The number of hydrogen-bond acceptors (Lipinski definition) is 4. The zero-order valence-electron chi connectivity index (χ0n) is 11.0. The molecule has 0 aliphatic heterocycles. The SMILES string of the molecule is CSC[C@](C)(O)CNc1ccnc2cc(F)ccc12. The fourth-order valence-electron chi connectivity index (χ4n) is 1.92. The Bertz CT molecular complexity index is 574. The van der Waals surface area contributed by atoms with Gasteiger partial charge in [-0.25, -0.2) is 4.39 Å². The molecular weight excluding hydrogens is 263 g/mol. The number of anilines is 1. The molecule has 0 fully saturated rings. The second kappa shape index (κ2) is 5.75. The maximum atomic E-state index is 13.1. The summed E-state index contributed by atoms with van der Waals surface area (Å²) in [6.45, 7) is 2.23. The third kappa shape index (κ3) is 3.58. The Morgan fingerprint density at radius 1 is 1.42 bits per heavy atom. The molecule has 2 aromatic rings. The molecule has 2 rings (SSSR count). The van der Waals surface area contributed by atoms with Crippen molar-refractivity contribution in [2.45, 2.75) is 12.5 Å². The number of aliphatic hydroxyl groups is 1. The van der Waals surface area contributed by atoms with E-state index in [-0.39, 0.29) is 5.82 Å². The maximum absolute atomic E-state index is 13.1. The van der Waals surface area contributed by atoms with Crippen molar-refractivity contribution in [3.05, 3.63) is 36.3 Å². The highest BCUT2D eigenvalue weighted by atomic mass is 32.2. The van der Waals surface area contributed by atoms with E-state index < -0.39 is 5.60 Å². The first kappa shape index (κ1) is 14.1. The largest absolute Gasteiger partial charge is 0.387 e. The number of rotatable bonds is 5. The van der Waals surface area contributed by atoms with Crippen LogP contribution >= 0.6 is 11.8 Å². The van der Waals surface area contributed by atoms with Crippen molar-refractivity contribution in [1.29, 1.82) is 0 Å². The van der Waals surface area contributed by atoms with Crippen molar-refractivity contribution in [2.75, 3.05) is 23.9 Å². The topological polar surface area (TPSA) is 45.1 Å². The van der Waals surface area contributed by atoms with E-state index >= 15 is 0 Å². The van der Waals surface area contributed by atoms with Gasteiger partial charge >= 0.3 is 0 Å². The molecule has 0 saturated heterocycles. The normalized spacial score (nSPS) is 14.3. The molecule has 0 saturated carbocycles. The predicted molar refractivity (Wildman–Crippen MR) is 79.2 cm³/mol. The zero-order valence-corrected chi connectivity index (χ0v) is 11.8. The molecule has 0 radical (unpaired) electrons. The summed E-state index contributed by atoms with van der Waals surface area (Å²) in [5, 5.41) is 14.2. The van der Waals surface area contributed by atoms with Crippen LogP contribution < -0.4 is 5.32 Å². The van der Waals surface area contributed by atoms with Gasteiger partial charge in [0.05, 0.1) is 11.1 Å². The van der Waals surface area contributed by atoms with E-state index in [1.165, 1.54) is 12.1 Å². The first-order valence-electron chi connectivity index (χ1n) is 6.01. The lowest BCUT2D eigenvalue weighted by molar-refractivity contribution is 0.0997. The summed E-state index contributed by atoms with van der Waals surface area (Å²) in [6, 6.07) is 6.34. The molecule has 3 nitrogen and oxygen atoms in total. The minimum absolute atomic E-state index is 0.300. The lowest BCUT2D eigenvalue weighted by Gasteiger charge is -2.23. The van der Waals surface area contributed by atoms with Crippen molar-refractivity contribution < 1.29 is 9.50 Å². The Morgan fingerprint density at radius 3 is 2.95 bits per heavy atom. The van der Waals surface area contributed by atoms with E-state index in [9.17, 15) is 9.50 Å². The van der Waals surface area contributed by atoms with Gasteiger partial charge in [-0.15, -0.1) is 0 Å². The van der Waals surface area contributed by atoms with Crippen molar-refractivity contribution >= 4 is 28.4 Å². The Balaban J connectivity index is 2.21. The Kier molecular flexibility index (Phi) is 4.27. The molecular formula is C14H17FN2OS. The van der Waals surface area contributed by atoms with Crippen LogP contribution in [-0.4, -0.2) is 34.2 Å². The number of hydrogen-bond donors (Lipinski definition) is 2. The van der Waals surface area contributed by atoms with Crippen molar-refractivity contribution in [3.63, 3.8) is 0 Å². The molecule has 0 aliphatic carbocycles. The molecule has 0 unspecified atom stereocenters. The Hall–Kier alpha value is -1.33. The highest BCUT2D eigenvalue weighted by molar-refractivity contribution is 7.98. The van der Waals surface area contributed by atoms with E-state index in [0.717, 1.165) is 11.1 Å². The summed E-state index contributed by atoms with van der Waals surface area (Å²) in [5.41, 5.74) is 0.676. The second-order valence-corrected chi connectivity index (χ2v) is 5.67. The highest BCUT2D eigenvalue weighted by Crippen LogP contribution is 2.23. The molecule has 0 spiro atoms. The van der Waals surface area contributed by atoms with Gasteiger partial charge in [-0.05, 0) is 31.4 Å². The zero-order chi connectivity index (χ0) is 13.9. The standard InChI is InChI=1S/C14H17FN2OS/c1-14(18,9-19-2)8-17-12-5-6-16-13-7-10(15)3-4-11(12)13/h3-7,18H,8-9H2,1-2H3,(H,16,17)/t14-/m1/s1. The molecule has 0 bridgehead atoms. The summed E-state index contributed by atoms with van der Waals surface area (Å²) in [5.74, 6) is 0.351. The molecule has 2 N–H and O–H groups in total. The van der Waals surface area contributed by atoms with Crippen LogP contribution in [0.5, 0.6) is 0 Å². The predicted octanol–water partition coefficient (Wildman–Crippen LogP) is 2.90. The van der Waals surface area contributed by atoms with Gasteiger partial charge in [0.15, 0.2) is 0 Å². The maximum Gasteiger partial charge on any atom is 0.125 e. The molecule has 1 heterocycles. The van der Waals surface area contributed by atoms with Crippen LogP contribution in [0.25, 0.3) is 10.9 Å². The van der Waals surface area contributed by atoms with Gasteiger partial charge < -0.3 is 10.4 Å². The highest BCUT2D eigenvalue weighted by Gasteiger charge is 2.19. The van der Waals surface area contributed by atoms with Crippen LogP contribution in [0.1, 0.15) is 6.92 Å². The van der Waals surface area contributed by atoms with E-state index in [1.807, 2.05) is 12.3 Å². The van der Waals surface area contributed by atoms with Gasteiger partial charge in [-0.1, -0.05) is 0 Å². The van der Waals surface area contributed by atoms with Gasteiger partial charge in [0.2, 0.25) is 0 Å². The smallest absolute Gasteiger partial charge is 0.125 e. The van der Waals surface area contributed by atoms with E-state index in [2.05, 4.69) is 10.3 Å². The molecule has 1 atom stereocenters. The monoisotopic (exact) mass is 280 g/mol. The van der Waals surface area contributed by atoms with Crippen molar-refractivity contribution in [3.8, 4) is 0 Å². The van der Waals surface area contributed by atoms with Crippen molar-refractivity contribution in [2.24, 2.45) is 0 Å². The molecule has 0 aliphatic rings. The quantitative estimate of drug-likeness (QED) is 0.884. The van der Waals surface area contributed by atoms with Crippen LogP contribution in [-0.2, 0) is 0 Å². The fourth-order valence-corrected chi connectivity index (χ4v) is 2.65. The van der Waals surface area contributed by atoms with Gasteiger partial charge in [0.25, 0.3) is 0 Å². The van der Waals surface area contributed by atoms with Gasteiger partial charge in [-0.3, -0.25) is 4.98 Å². The van der Waals surface area contributed by atoms with E-state index in [4.69, 9.17) is 0 Å². The molecule has 1 aromatic heterocycles. The third-order valence-electron chi connectivity index (χ3n) is 2.82. The molecule has 1 aromatic carbocycles. The summed E-state index contributed by atoms with van der Waals surface area (Å²) >= 11 is 1.60. The van der Waals surface area contributed by atoms with Gasteiger partial charge in [0.1, 0.15) is 5.82 Å². The van der Waals surface area contributed by atoms with Crippen LogP contribution in [0.15, 0.2) is 30.5 Å².